The second-order valence-electron chi connectivity index (χ2n) is 4.28. The summed E-state index contributed by atoms with van der Waals surface area (Å²) in [5.41, 5.74) is 9.50. The van der Waals surface area contributed by atoms with Crippen molar-refractivity contribution < 1.29 is 9.53 Å². The van der Waals surface area contributed by atoms with Crippen LogP contribution in [0.5, 0.6) is 0 Å². The van der Waals surface area contributed by atoms with Crippen LogP contribution in [0.1, 0.15) is 10.4 Å². The van der Waals surface area contributed by atoms with Gasteiger partial charge in [0.1, 0.15) is 11.4 Å². The number of rotatable bonds is 7. The van der Waals surface area contributed by atoms with Gasteiger partial charge in [-0.1, -0.05) is 23.1 Å². The van der Waals surface area contributed by atoms with Gasteiger partial charge in [-0.3, -0.25) is 19.1 Å². The minimum Gasteiger partial charge on any atom is -0.384 e. The van der Waals surface area contributed by atoms with Gasteiger partial charge in [-0.15, -0.1) is 10.2 Å². The molecule has 0 atom stereocenters. The number of thioether (sulfide) groups is 1. The zero-order chi connectivity index (χ0) is 17.0. The molecule has 0 aliphatic heterocycles. The number of ketones is 1. The van der Waals surface area contributed by atoms with Gasteiger partial charge in [-0.2, -0.15) is 0 Å². The molecule has 2 aromatic heterocycles. The molecule has 2 rings (SSSR count). The van der Waals surface area contributed by atoms with E-state index in [2.05, 4.69) is 15.2 Å². The molecule has 0 aromatic carbocycles. The van der Waals surface area contributed by atoms with Crippen LogP contribution in [0, 0.1) is 0 Å². The number of nitrogens with one attached hydrogen (secondary N) is 1. The van der Waals surface area contributed by atoms with Crippen molar-refractivity contribution in [3.63, 3.8) is 0 Å². The molecule has 12 heteroatoms. The lowest BCUT2D eigenvalue weighted by molar-refractivity contribution is 0.102. The normalized spacial score (nSPS) is 10.8. The van der Waals surface area contributed by atoms with Gasteiger partial charge in [0.05, 0.1) is 18.9 Å². The van der Waals surface area contributed by atoms with Gasteiger partial charge >= 0.3 is 5.69 Å². The SMILES string of the molecule is COCCn1c(N)c(C(=O)CSc2nnc(N)s2)c(=O)[nH]c1=O. The largest absolute Gasteiger partial charge is 0.384 e. The number of carbonyl (C=O) groups excluding carboxylic acids is 1. The molecular weight excluding hydrogens is 344 g/mol. The molecular formula is C11H14N6O4S2. The van der Waals surface area contributed by atoms with E-state index in [0.717, 1.165) is 27.7 Å². The summed E-state index contributed by atoms with van der Waals surface area (Å²) in [6.45, 7) is 0.334. The van der Waals surface area contributed by atoms with E-state index in [1.807, 2.05) is 0 Å². The van der Waals surface area contributed by atoms with Crippen LogP contribution in [-0.2, 0) is 11.3 Å². The molecule has 0 amide bonds. The average Bonchev–Trinajstić information content (AvgIpc) is 2.90. The van der Waals surface area contributed by atoms with E-state index >= 15 is 0 Å². The molecule has 2 heterocycles. The first kappa shape index (κ1) is 17.2. The topological polar surface area (TPSA) is 159 Å². The number of aromatic amines is 1. The molecule has 124 valence electrons. The molecule has 0 saturated heterocycles. The molecule has 0 radical (unpaired) electrons. The van der Waals surface area contributed by atoms with E-state index in [1.54, 1.807) is 0 Å². The third-order valence-corrected chi connectivity index (χ3v) is 4.67. The fourth-order valence-electron chi connectivity index (χ4n) is 1.74. The van der Waals surface area contributed by atoms with Gasteiger partial charge in [-0.25, -0.2) is 4.79 Å². The zero-order valence-electron chi connectivity index (χ0n) is 12.1. The Labute approximate surface area is 137 Å². The summed E-state index contributed by atoms with van der Waals surface area (Å²) in [4.78, 5) is 38.0. The van der Waals surface area contributed by atoms with Gasteiger partial charge in [0, 0.05) is 7.11 Å². The molecule has 23 heavy (non-hydrogen) atoms. The van der Waals surface area contributed by atoms with Crippen LogP contribution in [0.3, 0.4) is 0 Å². The van der Waals surface area contributed by atoms with Crippen LogP contribution in [0.25, 0.3) is 0 Å². The third-order valence-electron chi connectivity index (χ3n) is 2.79. The van der Waals surface area contributed by atoms with Crippen LogP contribution < -0.4 is 22.7 Å². The Balaban J connectivity index is 2.25. The fourth-order valence-corrected chi connectivity index (χ4v) is 3.25. The van der Waals surface area contributed by atoms with Gasteiger partial charge in [0.15, 0.2) is 10.1 Å². The van der Waals surface area contributed by atoms with Crippen molar-refractivity contribution in [2.24, 2.45) is 0 Å². The number of carbonyl (C=O) groups is 1. The van der Waals surface area contributed by atoms with E-state index in [1.165, 1.54) is 7.11 Å². The maximum absolute atomic E-state index is 12.3. The Kier molecular flexibility index (Phi) is 5.52. The number of hydrogen-bond acceptors (Lipinski definition) is 10. The highest BCUT2D eigenvalue weighted by molar-refractivity contribution is 8.01. The van der Waals surface area contributed by atoms with E-state index in [-0.39, 0.29) is 35.4 Å². The quantitative estimate of drug-likeness (QED) is 0.424. The number of methoxy groups -OCH3 is 1. The maximum atomic E-state index is 12.3. The summed E-state index contributed by atoms with van der Waals surface area (Å²) < 4.78 is 6.46. The van der Waals surface area contributed by atoms with Crippen LogP contribution >= 0.6 is 23.1 Å². The monoisotopic (exact) mass is 358 g/mol. The first-order chi connectivity index (χ1) is 10.9. The Bertz CT molecular complexity index is 827. The van der Waals surface area contributed by atoms with Crippen molar-refractivity contribution in [2.45, 2.75) is 10.9 Å². The molecule has 0 aliphatic rings. The second-order valence-corrected chi connectivity index (χ2v) is 6.51. The van der Waals surface area contributed by atoms with E-state index in [0.29, 0.717) is 4.34 Å². The fraction of sp³-hybridized carbons (Fsp3) is 0.364. The van der Waals surface area contributed by atoms with Gasteiger partial charge in [0.2, 0.25) is 5.13 Å². The highest BCUT2D eigenvalue weighted by Gasteiger charge is 2.20. The number of ether oxygens (including phenoxy) is 1. The molecule has 0 spiro atoms. The third kappa shape index (κ3) is 3.97. The number of anilines is 2. The van der Waals surface area contributed by atoms with Gasteiger partial charge in [0.25, 0.3) is 5.56 Å². The van der Waals surface area contributed by atoms with E-state index in [4.69, 9.17) is 16.2 Å². The lowest BCUT2D eigenvalue weighted by Gasteiger charge is -2.11. The molecule has 0 saturated carbocycles. The zero-order valence-corrected chi connectivity index (χ0v) is 13.7. The first-order valence-corrected chi connectivity index (χ1v) is 8.10. The molecule has 2 aromatic rings. The molecule has 0 aliphatic carbocycles. The molecule has 5 N–H and O–H groups in total. The van der Waals surface area contributed by atoms with Gasteiger partial charge in [-0.05, 0) is 0 Å². The Morgan fingerprint density at radius 2 is 2.13 bits per heavy atom. The Morgan fingerprint density at radius 3 is 2.74 bits per heavy atom. The summed E-state index contributed by atoms with van der Waals surface area (Å²) in [5, 5.41) is 7.67. The molecule has 0 bridgehead atoms. The van der Waals surface area contributed by atoms with Crippen molar-refractivity contribution in [3.8, 4) is 0 Å². The Hall–Kier alpha value is -2.18. The number of nitrogen functional groups attached to an aromatic ring is 2. The summed E-state index contributed by atoms with van der Waals surface area (Å²) in [7, 11) is 1.46. The standard InChI is InChI=1S/C11H14N6O4S2/c1-21-3-2-17-7(12)6(8(19)14-10(17)20)5(18)4-22-11-16-15-9(13)23-11/h2-4,12H2,1H3,(H2,13,15)(H,14,19,20). The van der Waals surface area contributed by atoms with Crippen molar-refractivity contribution in [1.82, 2.24) is 19.7 Å². The highest BCUT2D eigenvalue weighted by Crippen LogP contribution is 2.24. The van der Waals surface area contributed by atoms with Crippen molar-refractivity contribution in [2.75, 3.05) is 30.9 Å². The molecule has 0 fully saturated rings. The van der Waals surface area contributed by atoms with Crippen LogP contribution in [0.4, 0.5) is 10.9 Å². The minimum atomic E-state index is -0.816. The number of hydrogen-bond donors (Lipinski definition) is 3. The van der Waals surface area contributed by atoms with Crippen LogP contribution in [0.15, 0.2) is 13.9 Å². The Morgan fingerprint density at radius 1 is 1.39 bits per heavy atom. The molecule has 10 nitrogen and oxygen atoms in total. The first-order valence-electron chi connectivity index (χ1n) is 6.30. The smallest absolute Gasteiger partial charge is 0.330 e. The highest BCUT2D eigenvalue weighted by atomic mass is 32.2. The van der Waals surface area contributed by atoms with Crippen molar-refractivity contribution >= 4 is 39.8 Å². The average molecular weight is 358 g/mol. The van der Waals surface area contributed by atoms with Crippen molar-refractivity contribution in [1.29, 1.82) is 0 Å². The lowest BCUT2D eigenvalue weighted by atomic mass is 10.2. The van der Waals surface area contributed by atoms with Gasteiger partial charge < -0.3 is 16.2 Å². The number of Topliss-reactive ketones (excluding diaryl/α,β-unsaturated/α-hetero) is 1. The maximum Gasteiger partial charge on any atom is 0.330 e. The summed E-state index contributed by atoms with van der Waals surface area (Å²) in [5.74, 6) is -0.781. The summed E-state index contributed by atoms with van der Waals surface area (Å²) >= 11 is 2.21. The van der Waals surface area contributed by atoms with Crippen LogP contribution in [0.2, 0.25) is 0 Å². The number of nitrogens with two attached hydrogens (primary N) is 2. The van der Waals surface area contributed by atoms with E-state index < -0.39 is 17.0 Å². The molecule has 0 unspecified atom stereocenters. The van der Waals surface area contributed by atoms with Crippen molar-refractivity contribution in [3.05, 3.63) is 26.4 Å². The number of H-pyrrole nitrogens is 1. The minimum absolute atomic E-state index is 0.0790. The summed E-state index contributed by atoms with van der Waals surface area (Å²) in [6.07, 6.45) is 0. The lowest BCUT2D eigenvalue weighted by Crippen LogP contribution is -2.37. The predicted molar refractivity (Wildman–Crippen MR) is 87.0 cm³/mol. The van der Waals surface area contributed by atoms with E-state index in [9.17, 15) is 14.4 Å². The second kappa shape index (κ2) is 7.39. The number of nitrogens with zero attached hydrogens (tertiary/aromatic N) is 3. The predicted octanol–water partition coefficient (Wildman–Crippen LogP) is -0.826. The number of aromatic nitrogens is 4. The van der Waals surface area contributed by atoms with Crippen LogP contribution in [-0.4, -0.2) is 45.0 Å². The summed E-state index contributed by atoms with van der Waals surface area (Å²) in [6, 6.07) is 0.